The number of anilines is 2. The fraction of sp³-hybridized carbons (Fsp3) is 0.150. The number of phenols is 1. The number of aromatic hydroxyl groups is 1. The predicted molar refractivity (Wildman–Crippen MR) is 101 cm³/mol. The number of aryl methyl sites for hydroxylation is 1. The molecular formula is C20H19N3O4. The van der Waals surface area contributed by atoms with Gasteiger partial charge in [0.15, 0.2) is 0 Å². The molecule has 0 saturated heterocycles. The number of hydrogen-bond donors (Lipinski definition) is 1. The average molecular weight is 365 g/mol. The highest BCUT2D eigenvalue weighted by Crippen LogP contribution is 2.32. The van der Waals surface area contributed by atoms with Gasteiger partial charge >= 0.3 is 0 Å². The summed E-state index contributed by atoms with van der Waals surface area (Å²) in [5.41, 5.74) is 1.55. The Morgan fingerprint density at radius 1 is 0.963 bits per heavy atom. The number of amides is 1. The summed E-state index contributed by atoms with van der Waals surface area (Å²) >= 11 is 0. The monoisotopic (exact) mass is 365 g/mol. The molecule has 0 unspecified atom stereocenters. The molecular weight excluding hydrogens is 346 g/mol. The molecule has 1 N–H and O–H groups in total. The van der Waals surface area contributed by atoms with E-state index in [9.17, 15) is 9.90 Å². The van der Waals surface area contributed by atoms with Crippen molar-refractivity contribution in [1.29, 1.82) is 0 Å². The second-order valence-corrected chi connectivity index (χ2v) is 5.70. The zero-order valence-corrected chi connectivity index (χ0v) is 15.2. The van der Waals surface area contributed by atoms with Crippen LogP contribution in [0.1, 0.15) is 15.9 Å². The van der Waals surface area contributed by atoms with E-state index in [-0.39, 0.29) is 29.0 Å². The number of carbonyl (C=O) groups excluding carboxylic acids is 1. The molecule has 138 valence electrons. The van der Waals surface area contributed by atoms with Crippen molar-refractivity contribution >= 4 is 17.5 Å². The van der Waals surface area contributed by atoms with Crippen molar-refractivity contribution in [3.63, 3.8) is 0 Å². The van der Waals surface area contributed by atoms with Gasteiger partial charge in [0, 0.05) is 0 Å². The van der Waals surface area contributed by atoms with Crippen LogP contribution in [0.4, 0.5) is 11.6 Å². The third-order valence-corrected chi connectivity index (χ3v) is 3.98. The fourth-order valence-corrected chi connectivity index (χ4v) is 2.60. The summed E-state index contributed by atoms with van der Waals surface area (Å²) in [7, 11) is 2.93. The molecule has 2 aromatic carbocycles. The summed E-state index contributed by atoms with van der Waals surface area (Å²) < 4.78 is 10.4. The fourth-order valence-electron chi connectivity index (χ4n) is 2.60. The van der Waals surface area contributed by atoms with E-state index in [0.717, 1.165) is 5.56 Å². The molecule has 27 heavy (non-hydrogen) atoms. The van der Waals surface area contributed by atoms with Gasteiger partial charge in [0.05, 0.1) is 31.5 Å². The molecule has 0 radical (unpaired) electrons. The molecule has 0 spiro atoms. The maximum absolute atomic E-state index is 13.3. The van der Waals surface area contributed by atoms with Gasteiger partial charge in [-0.05, 0) is 30.7 Å². The topological polar surface area (TPSA) is 84.8 Å². The van der Waals surface area contributed by atoms with Crippen molar-refractivity contribution in [2.24, 2.45) is 0 Å². The summed E-state index contributed by atoms with van der Waals surface area (Å²) in [4.78, 5) is 23.3. The van der Waals surface area contributed by atoms with Crippen LogP contribution in [0.2, 0.25) is 0 Å². The second kappa shape index (κ2) is 7.74. The molecule has 0 fully saturated rings. The minimum absolute atomic E-state index is 0.0775. The molecule has 1 heterocycles. The SMILES string of the molecule is COc1cc(OC)nc(N(C(=O)c2ccccc2O)c2ccccc2C)n1. The molecule has 3 aromatic rings. The van der Waals surface area contributed by atoms with Crippen LogP contribution in [-0.2, 0) is 0 Å². The third kappa shape index (κ3) is 3.67. The number of methoxy groups -OCH3 is 2. The Bertz CT molecular complexity index is 953. The molecule has 0 aliphatic carbocycles. The van der Waals surface area contributed by atoms with Crippen LogP contribution >= 0.6 is 0 Å². The van der Waals surface area contributed by atoms with E-state index < -0.39 is 5.91 Å². The van der Waals surface area contributed by atoms with Crippen molar-refractivity contribution < 1.29 is 19.4 Å². The average Bonchev–Trinajstić information content (AvgIpc) is 2.69. The molecule has 0 saturated carbocycles. The van der Waals surface area contributed by atoms with E-state index in [1.54, 1.807) is 24.3 Å². The van der Waals surface area contributed by atoms with Crippen LogP contribution in [0.5, 0.6) is 17.5 Å². The molecule has 0 atom stereocenters. The molecule has 0 bridgehead atoms. The number of phenolic OH excluding ortho intramolecular Hbond substituents is 1. The van der Waals surface area contributed by atoms with Crippen molar-refractivity contribution in [1.82, 2.24) is 9.97 Å². The zero-order valence-electron chi connectivity index (χ0n) is 15.2. The lowest BCUT2D eigenvalue weighted by Gasteiger charge is -2.23. The first-order valence-corrected chi connectivity index (χ1v) is 8.20. The van der Waals surface area contributed by atoms with E-state index in [0.29, 0.717) is 5.69 Å². The number of para-hydroxylation sites is 2. The minimum Gasteiger partial charge on any atom is -0.507 e. The second-order valence-electron chi connectivity index (χ2n) is 5.70. The molecule has 3 rings (SSSR count). The van der Waals surface area contributed by atoms with Gasteiger partial charge in [0.1, 0.15) is 5.75 Å². The molecule has 7 heteroatoms. The van der Waals surface area contributed by atoms with E-state index in [1.807, 2.05) is 25.1 Å². The number of benzene rings is 2. The van der Waals surface area contributed by atoms with E-state index in [2.05, 4.69) is 9.97 Å². The van der Waals surface area contributed by atoms with Gasteiger partial charge in [-0.25, -0.2) is 4.90 Å². The van der Waals surface area contributed by atoms with Gasteiger partial charge in [-0.3, -0.25) is 4.79 Å². The summed E-state index contributed by atoms with van der Waals surface area (Å²) in [5.74, 6) is -0.0246. The first-order chi connectivity index (χ1) is 13.0. The Kier molecular flexibility index (Phi) is 5.21. The third-order valence-electron chi connectivity index (χ3n) is 3.98. The molecule has 0 aliphatic heterocycles. The van der Waals surface area contributed by atoms with Crippen molar-refractivity contribution in [3.8, 4) is 17.5 Å². The molecule has 1 amide bonds. The zero-order chi connectivity index (χ0) is 19.4. The number of aromatic nitrogens is 2. The quantitative estimate of drug-likeness (QED) is 0.745. The van der Waals surface area contributed by atoms with Crippen LogP contribution in [0.25, 0.3) is 0 Å². The maximum Gasteiger partial charge on any atom is 0.269 e. The first-order valence-electron chi connectivity index (χ1n) is 8.20. The van der Waals surface area contributed by atoms with Crippen LogP contribution in [0.15, 0.2) is 54.6 Å². The van der Waals surface area contributed by atoms with E-state index in [4.69, 9.17) is 9.47 Å². The molecule has 1 aromatic heterocycles. The van der Waals surface area contributed by atoms with Crippen LogP contribution in [0.3, 0.4) is 0 Å². The molecule has 7 nitrogen and oxygen atoms in total. The standard InChI is InChI=1S/C20H19N3O4/c1-13-8-4-6-10-15(13)23(19(25)14-9-5-7-11-16(14)24)20-21-17(26-2)12-18(22-20)27-3/h4-12,24H,1-3H3. The lowest BCUT2D eigenvalue weighted by atomic mass is 10.1. The summed E-state index contributed by atoms with van der Waals surface area (Å²) in [6.45, 7) is 1.87. The van der Waals surface area contributed by atoms with Gasteiger partial charge in [-0.1, -0.05) is 30.3 Å². The van der Waals surface area contributed by atoms with Crippen molar-refractivity contribution in [2.75, 3.05) is 19.1 Å². The van der Waals surface area contributed by atoms with Gasteiger partial charge in [-0.15, -0.1) is 0 Å². The normalized spacial score (nSPS) is 10.3. The van der Waals surface area contributed by atoms with Gasteiger partial charge in [0.25, 0.3) is 5.91 Å². The Labute approximate surface area is 156 Å². The Hall–Kier alpha value is -3.61. The summed E-state index contributed by atoms with van der Waals surface area (Å²) in [6, 6.07) is 15.2. The van der Waals surface area contributed by atoms with E-state index >= 15 is 0 Å². The first kappa shape index (κ1) is 18.2. The minimum atomic E-state index is -0.474. The highest BCUT2D eigenvalue weighted by Gasteiger charge is 2.26. The number of nitrogens with zero attached hydrogens (tertiary/aromatic N) is 3. The molecule has 0 aliphatic rings. The number of carbonyl (C=O) groups is 1. The smallest absolute Gasteiger partial charge is 0.269 e. The van der Waals surface area contributed by atoms with Crippen molar-refractivity contribution in [2.45, 2.75) is 6.92 Å². The Morgan fingerprint density at radius 3 is 2.15 bits per heavy atom. The number of hydrogen-bond acceptors (Lipinski definition) is 6. The highest BCUT2D eigenvalue weighted by atomic mass is 16.5. The predicted octanol–water partition coefficient (Wildman–Crippen LogP) is 3.49. The Morgan fingerprint density at radius 2 is 1.56 bits per heavy atom. The Balaban J connectivity index is 2.22. The van der Waals surface area contributed by atoms with Crippen LogP contribution in [-0.4, -0.2) is 35.2 Å². The van der Waals surface area contributed by atoms with Crippen molar-refractivity contribution in [3.05, 3.63) is 65.7 Å². The number of ether oxygens (including phenoxy) is 2. The van der Waals surface area contributed by atoms with Crippen LogP contribution < -0.4 is 14.4 Å². The summed E-state index contributed by atoms with van der Waals surface area (Å²) in [5, 5.41) is 10.2. The van der Waals surface area contributed by atoms with Gasteiger partial charge < -0.3 is 14.6 Å². The number of rotatable bonds is 5. The van der Waals surface area contributed by atoms with E-state index in [1.165, 1.54) is 31.3 Å². The summed E-state index contributed by atoms with van der Waals surface area (Å²) in [6.07, 6.45) is 0. The maximum atomic E-state index is 13.3. The van der Waals surface area contributed by atoms with Crippen LogP contribution in [0, 0.1) is 6.92 Å². The largest absolute Gasteiger partial charge is 0.507 e. The lowest BCUT2D eigenvalue weighted by molar-refractivity contribution is 0.0995. The van der Waals surface area contributed by atoms with Gasteiger partial charge in [0.2, 0.25) is 17.7 Å². The van der Waals surface area contributed by atoms with Gasteiger partial charge in [-0.2, -0.15) is 9.97 Å². The lowest BCUT2D eigenvalue weighted by Crippen LogP contribution is -2.28. The highest BCUT2D eigenvalue weighted by molar-refractivity contribution is 6.11.